The van der Waals surface area contributed by atoms with Crippen LogP contribution < -0.4 is 0 Å². The van der Waals surface area contributed by atoms with Gasteiger partial charge < -0.3 is 4.67 Å². The van der Waals surface area contributed by atoms with Crippen LogP contribution in [0, 0.1) is 11.3 Å². The lowest BCUT2D eigenvalue weighted by Crippen LogP contribution is -2.59. The van der Waals surface area contributed by atoms with Crippen molar-refractivity contribution >= 4 is 14.6 Å². The molecular formula is C12H20NOP. The normalized spacial score (nSPS) is 41.5. The smallest absolute Gasteiger partial charge is 0.233 e. The van der Waals surface area contributed by atoms with Gasteiger partial charge in [0.1, 0.15) is 0 Å². The minimum atomic E-state index is 0.119. The molecule has 84 valence electrons. The molecule has 2 saturated carbocycles. The van der Waals surface area contributed by atoms with Gasteiger partial charge in [0.05, 0.1) is 5.41 Å². The highest BCUT2D eigenvalue weighted by atomic mass is 31.1. The highest BCUT2D eigenvalue weighted by molar-refractivity contribution is 7.37. The van der Waals surface area contributed by atoms with Crippen LogP contribution in [0.2, 0.25) is 0 Å². The van der Waals surface area contributed by atoms with Gasteiger partial charge >= 0.3 is 0 Å². The first kappa shape index (κ1) is 10.1. The summed E-state index contributed by atoms with van der Waals surface area (Å²) in [4.78, 5) is 12.1. The number of hydrogen-bond acceptors (Lipinski definition) is 1. The quantitative estimate of drug-likeness (QED) is 0.522. The Morgan fingerprint density at radius 1 is 1.27 bits per heavy atom. The van der Waals surface area contributed by atoms with E-state index in [0.717, 1.165) is 26.9 Å². The van der Waals surface area contributed by atoms with Gasteiger partial charge in [-0.3, -0.25) is 4.79 Å². The largest absolute Gasteiger partial charge is 0.323 e. The molecule has 1 atom stereocenters. The lowest BCUT2D eigenvalue weighted by molar-refractivity contribution is -0.154. The van der Waals surface area contributed by atoms with E-state index in [1.54, 1.807) is 0 Å². The van der Waals surface area contributed by atoms with Crippen LogP contribution in [0.25, 0.3) is 0 Å². The molecule has 0 radical (unpaired) electrons. The fraction of sp³-hybridized carbons (Fsp3) is 0.917. The summed E-state index contributed by atoms with van der Waals surface area (Å²) in [5, 5.41) is 0. The van der Waals surface area contributed by atoms with E-state index in [0.29, 0.717) is 5.91 Å². The average molecular weight is 225 g/mol. The van der Waals surface area contributed by atoms with Gasteiger partial charge in [0, 0.05) is 6.54 Å². The number of nitrogens with zero attached hydrogens (tertiary/aromatic N) is 1. The Kier molecular flexibility index (Phi) is 2.32. The van der Waals surface area contributed by atoms with Crippen molar-refractivity contribution in [3.8, 4) is 0 Å². The third-order valence-electron chi connectivity index (χ3n) is 4.31. The molecule has 0 aromatic carbocycles. The van der Waals surface area contributed by atoms with Crippen LogP contribution >= 0.6 is 8.73 Å². The first-order valence-corrected chi connectivity index (χ1v) is 7.30. The summed E-state index contributed by atoms with van der Waals surface area (Å²) >= 11 is 0. The number of hydrogen-bond donors (Lipinski definition) is 0. The van der Waals surface area contributed by atoms with Crippen molar-refractivity contribution in [3.05, 3.63) is 0 Å². The number of carbonyl (C=O) groups excluding carboxylic acids is 1. The van der Waals surface area contributed by atoms with E-state index in [1.165, 1.54) is 38.5 Å². The van der Waals surface area contributed by atoms with Crippen molar-refractivity contribution in [1.29, 1.82) is 0 Å². The van der Waals surface area contributed by atoms with E-state index in [9.17, 15) is 4.79 Å². The maximum absolute atomic E-state index is 12.1. The Morgan fingerprint density at radius 2 is 1.93 bits per heavy atom. The fourth-order valence-electron chi connectivity index (χ4n) is 2.86. The monoisotopic (exact) mass is 225 g/mol. The molecule has 3 heteroatoms. The molecule has 1 aliphatic heterocycles. The Morgan fingerprint density at radius 3 is 2.47 bits per heavy atom. The number of rotatable bonds is 2. The van der Waals surface area contributed by atoms with Gasteiger partial charge in [-0.15, -0.1) is 0 Å². The molecule has 3 aliphatic rings. The zero-order valence-corrected chi connectivity index (χ0v) is 10.5. The highest BCUT2D eigenvalue weighted by Crippen LogP contribution is 2.53. The van der Waals surface area contributed by atoms with Gasteiger partial charge in [-0.25, -0.2) is 0 Å². The van der Waals surface area contributed by atoms with Gasteiger partial charge in [0.2, 0.25) is 5.91 Å². The van der Waals surface area contributed by atoms with Crippen LogP contribution in [-0.2, 0) is 4.79 Å². The van der Waals surface area contributed by atoms with Gasteiger partial charge in [-0.05, 0) is 58.8 Å². The molecule has 1 heterocycles. The van der Waals surface area contributed by atoms with Crippen LogP contribution in [0.15, 0.2) is 0 Å². The Bertz CT molecular complexity index is 279. The van der Waals surface area contributed by atoms with Crippen molar-refractivity contribution in [2.24, 2.45) is 11.3 Å². The molecule has 1 amide bonds. The SMILES string of the molecule is CC1CCC2(CC1)CN(PC1CC1)C2=O. The summed E-state index contributed by atoms with van der Waals surface area (Å²) in [5.41, 5.74) is 1.00. The van der Waals surface area contributed by atoms with Gasteiger partial charge in [-0.1, -0.05) is 6.92 Å². The topological polar surface area (TPSA) is 20.3 Å². The van der Waals surface area contributed by atoms with Crippen molar-refractivity contribution in [2.75, 3.05) is 6.54 Å². The Balaban J connectivity index is 1.58. The predicted octanol–water partition coefficient (Wildman–Crippen LogP) is 2.78. The highest BCUT2D eigenvalue weighted by Gasteiger charge is 2.53. The summed E-state index contributed by atoms with van der Waals surface area (Å²) < 4.78 is 2.15. The van der Waals surface area contributed by atoms with E-state index >= 15 is 0 Å². The molecule has 0 aromatic rings. The number of amides is 1. The molecule has 1 spiro atoms. The first-order valence-electron chi connectivity index (χ1n) is 6.28. The van der Waals surface area contributed by atoms with Crippen LogP contribution in [0.5, 0.6) is 0 Å². The first-order chi connectivity index (χ1) is 7.20. The summed E-state index contributed by atoms with van der Waals surface area (Å²) in [6, 6.07) is 0. The predicted molar refractivity (Wildman–Crippen MR) is 63.1 cm³/mol. The molecule has 1 unspecified atom stereocenters. The summed E-state index contributed by atoms with van der Waals surface area (Å²) in [5.74, 6) is 1.35. The van der Waals surface area contributed by atoms with Gasteiger partial charge in [0.15, 0.2) is 0 Å². The average Bonchev–Trinajstić information content (AvgIpc) is 3.04. The van der Waals surface area contributed by atoms with Crippen molar-refractivity contribution in [3.63, 3.8) is 0 Å². The molecule has 2 aliphatic carbocycles. The van der Waals surface area contributed by atoms with E-state index in [-0.39, 0.29) is 5.41 Å². The summed E-state index contributed by atoms with van der Waals surface area (Å²) in [6.07, 6.45) is 7.61. The van der Waals surface area contributed by atoms with Crippen LogP contribution in [0.3, 0.4) is 0 Å². The molecule has 0 aromatic heterocycles. The molecule has 0 bridgehead atoms. The molecule has 3 fully saturated rings. The maximum atomic E-state index is 12.1. The third kappa shape index (κ3) is 1.71. The zero-order valence-electron chi connectivity index (χ0n) is 9.46. The second kappa shape index (κ2) is 3.45. The minimum absolute atomic E-state index is 0.119. The van der Waals surface area contributed by atoms with Crippen molar-refractivity contribution < 1.29 is 4.79 Å². The Labute approximate surface area is 93.6 Å². The van der Waals surface area contributed by atoms with Crippen LogP contribution in [0.4, 0.5) is 0 Å². The molecule has 3 rings (SSSR count). The molecule has 15 heavy (non-hydrogen) atoms. The van der Waals surface area contributed by atoms with Crippen LogP contribution in [-0.4, -0.2) is 22.8 Å². The van der Waals surface area contributed by atoms with E-state index in [1.807, 2.05) is 0 Å². The Hall–Kier alpha value is -0.100. The summed E-state index contributed by atoms with van der Waals surface area (Å²) in [7, 11) is 0.817. The third-order valence-corrected chi connectivity index (χ3v) is 5.92. The van der Waals surface area contributed by atoms with E-state index < -0.39 is 0 Å². The maximum Gasteiger partial charge on any atom is 0.233 e. The molecular weight excluding hydrogens is 205 g/mol. The fourth-order valence-corrected chi connectivity index (χ4v) is 4.47. The van der Waals surface area contributed by atoms with Crippen molar-refractivity contribution in [1.82, 2.24) is 4.67 Å². The lowest BCUT2D eigenvalue weighted by Gasteiger charge is -2.51. The standard InChI is InChI=1S/C12H20NOP/c1-9-4-6-12(7-5-9)8-13(11(12)14)15-10-2-3-10/h9-10,15H,2-8H2,1H3. The number of β-lactam (4-membered cyclic amide) rings is 1. The van der Waals surface area contributed by atoms with Crippen molar-refractivity contribution in [2.45, 2.75) is 51.1 Å². The minimum Gasteiger partial charge on any atom is -0.323 e. The zero-order chi connectivity index (χ0) is 10.5. The molecule has 0 N–H and O–H groups in total. The second-order valence-electron chi connectivity index (χ2n) is 5.76. The van der Waals surface area contributed by atoms with E-state index in [4.69, 9.17) is 0 Å². The van der Waals surface area contributed by atoms with Crippen LogP contribution in [0.1, 0.15) is 45.4 Å². The summed E-state index contributed by atoms with van der Waals surface area (Å²) in [6.45, 7) is 3.41. The van der Waals surface area contributed by atoms with E-state index in [2.05, 4.69) is 11.6 Å². The number of carbonyl (C=O) groups is 1. The molecule has 1 saturated heterocycles. The lowest BCUT2D eigenvalue weighted by atomic mass is 9.66. The van der Waals surface area contributed by atoms with Gasteiger partial charge in [0.25, 0.3) is 0 Å². The second-order valence-corrected chi connectivity index (χ2v) is 7.37. The van der Waals surface area contributed by atoms with Gasteiger partial charge in [-0.2, -0.15) is 0 Å². The molecule has 2 nitrogen and oxygen atoms in total.